The summed E-state index contributed by atoms with van der Waals surface area (Å²) in [5, 5.41) is 0. The van der Waals surface area contributed by atoms with E-state index in [4.69, 9.17) is 14.2 Å². The van der Waals surface area contributed by atoms with E-state index >= 15 is 0 Å². The first-order valence-electron chi connectivity index (χ1n) is 14.9. The molecule has 5 heteroatoms. The van der Waals surface area contributed by atoms with Crippen LogP contribution in [0.25, 0.3) is 0 Å². The van der Waals surface area contributed by atoms with E-state index in [2.05, 4.69) is 25.8 Å². The normalized spacial score (nSPS) is 11.2. The lowest BCUT2D eigenvalue weighted by molar-refractivity contribution is 0.0734. The standard InChI is InChI=1S/C35H45NO4/c1-4-5-6-7-8-9-10-11-25-38-32-20-14-30(15-21-32)35(37)40-34-18-12-29(13-19-34)27-36-31-16-22-33(23-17-31)39-26-24-28(2)3/h12-23,27-28H,4-11,24-26H2,1-3H3. The Morgan fingerprint density at radius 2 is 1.25 bits per heavy atom. The number of nitrogens with zero attached hydrogens (tertiary/aromatic N) is 1. The van der Waals surface area contributed by atoms with Crippen molar-refractivity contribution in [1.29, 1.82) is 0 Å². The van der Waals surface area contributed by atoms with Gasteiger partial charge in [0.2, 0.25) is 0 Å². The molecule has 40 heavy (non-hydrogen) atoms. The number of unbranched alkanes of at least 4 members (excludes halogenated alkanes) is 7. The number of ether oxygens (including phenoxy) is 3. The van der Waals surface area contributed by atoms with Crippen molar-refractivity contribution < 1.29 is 19.0 Å². The Morgan fingerprint density at radius 1 is 0.700 bits per heavy atom. The predicted molar refractivity (Wildman–Crippen MR) is 165 cm³/mol. The third-order valence-electron chi connectivity index (χ3n) is 6.61. The van der Waals surface area contributed by atoms with Crippen LogP contribution in [0.1, 0.15) is 94.5 Å². The van der Waals surface area contributed by atoms with Crippen molar-refractivity contribution in [2.75, 3.05) is 13.2 Å². The number of hydrogen-bond acceptors (Lipinski definition) is 5. The minimum Gasteiger partial charge on any atom is -0.494 e. The van der Waals surface area contributed by atoms with Gasteiger partial charge < -0.3 is 14.2 Å². The summed E-state index contributed by atoms with van der Waals surface area (Å²) in [4.78, 5) is 17.1. The van der Waals surface area contributed by atoms with Gasteiger partial charge in [-0.3, -0.25) is 4.99 Å². The topological polar surface area (TPSA) is 57.1 Å². The van der Waals surface area contributed by atoms with Crippen molar-refractivity contribution in [3.63, 3.8) is 0 Å². The van der Waals surface area contributed by atoms with E-state index in [-0.39, 0.29) is 0 Å². The van der Waals surface area contributed by atoms with Crippen LogP contribution in [-0.2, 0) is 0 Å². The fraction of sp³-hybridized carbons (Fsp3) is 0.429. The van der Waals surface area contributed by atoms with Gasteiger partial charge in [0.15, 0.2) is 0 Å². The predicted octanol–water partition coefficient (Wildman–Crippen LogP) is 9.60. The lowest BCUT2D eigenvalue weighted by Crippen LogP contribution is -2.08. The molecule has 0 fully saturated rings. The largest absolute Gasteiger partial charge is 0.494 e. The minimum absolute atomic E-state index is 0.397. The third kappa shape index (κ3) is 12.1. The van der Waals surface area contributed by atoms with Gasteiger partial charge in [-0.15, -0.1) is 0 Å². The van der Waals surface area contributed by atoms with Gasteiger partial charge in [0, 0.05) is 6.21 Å². The smallest absolute Gasteiger partial charge is 0.343 e. The molecular formula is C35H45NO4. The maximum absolute atomic E-state index is 12.6. The molecule has 0 unspecified atom stereocenters. The first-order chi connectivity index (χ1) is 19.5. The summed E-state index contributed by atoms with van der Waals surface area (Å²) in [6, 6.07) is 22.2. The van der Waals surface area contributed by atoms with Crippen LogP contribution in [0.3, 0.4) is 0 Å². The monoisotopic (exact) mass is 543 g/mol. The molecule has 0 saturated carbocycles. The summed E-state index contributed by atoms with van der Waals surface area (Å²) >= 11 is 0. The summed E-state index contributed by atoms with van der Waals surface area (Å²) in [6.07, 6.45) is 13.0. The molecule has 0 atom stereocenters. The molecule has 0 aliphatic rings. The van der Waals surface area contributed by atoms with Gasteiger partial charge in [0.1, 0.15) is 17.2 Å². The first kappa shape index (κ1) is 30.9. The van der Waals surface area contributed by atoms with Gasteiger partial charge >= 0.3 is 5.97 Å². The van der Waals surface area contributed by atoms with Crippen LogP contribution in [0.5, 0.6) is 17.2 Å². The Balaban J connectivity index is 1.37. The number of rotatable bonds is 18. The summed E-state index contributed by atoms with van der Waals surface area (Å²) < 4.78 is 17.1. The average Bonchev–Trinajstić information content (AvgIpc) is 2.97. The Labute approximate surface area is 240 Å². The summed E-state index contributed by atoms with van der Waals surface area (Å²) in [5.41, 5.74) is 2.24. The Bertz CT molecular complexity index is 1140. The molecule has 0 amide bonds. The van der Waals surface area contributed by atoms with E-state index < -0.39 is 5.97 Å². The van der Waals surface area contributed by atoms with E-state index in [1.165, 1.54) is 44.9 Å². The Kier molecular flexibility index (Phi) is 13.8. The second-order valence-electron chi connectivity index (χ2n) is 10.6. The van der Waals surface area contributed by atoms with E-state index in [1.54, 1.807) is 30.5 Å². The molecule has 3 rings (SSSR count). The molecule has 0 aliphatic carbocycles. The molecule has 5 nitrogen and oxygen atoms in total. The van der Waals surface area contributed by atoms with Gasteiger partial charge in [-0.25, -0.2) is 4.79 Å². The van der Waals surface area contributed by atoms with Crippen LogP contribution in [-0.4, -0.2) is 25.4 Å². The maximum atomic E-state index is 12.6. The second kappa shape index (κ2) is 17.9. The Morgan fingerprint density at radius 3 is 1.88 bits per heavy atom. The molecule has 0 radical (unpaired) electrons. The molecule has 0 aliphatic heterocycles. The summed E-state index contributed by atoms with van der Waals surface area (Å²) in [6.45, 7) is 8.04. The van der Waals surface area contributed by atoms with E-state index in [1.807, 2.05) is 48.5 Å². The highest BCUT2D eigenvalue weighted by molar-refractivity contribution is 5.91. The first-order valence-corrected chi connectivity index (χ1v) is 14.9. The molecule has 0 N–H and O–H groups in total. The fourth-order valence-corrected chi connectivity index (χ4v) is 4.09. The van der Waals surface area contributed by atoms with E-state index in [0.29, 0.717) is 23.8 Å². The molecule has 0 spiro atoms. The number of carbonyl (C=O) groups excluding carboxylic acids is 1. The average molecular weight is 544 g/mol. The number of hydrogen-bond donors (Lipinski definition) is 0. The van der Waals surface area contributed by atoms with Crippen molar-refractivity contribution in [3.8, 4) is 17.2 Å². The van der Waals surface area contributed by atoms with Crippen LogP contribution in [0.4, 0.5) is 5.69 Å². The van der Waals surface area contributed by atoms with Crippen molar-refractivity contribution in [2.24, 2.45) is 10.9 Å². The lowest BCUT2D eigenvalue weighted by Gasteiger charge is -2.08. The number of aliphatic imine (C=N–C) groups is 1. The van der Waals surface area contributed by atoms with Crippen LogP contribution in [0, 0.1) is 5.92 Å². The number of benzene rings is 3. The minimum atomic E-state index is -0.397. The molecule has 0 saturated heterocycles. The molecule has 0 bridgehead atoms. The van der Waals surface area contributed by atoms with Crippen molar-refractivity contribution >= 4 is 17.9 Å². The highest BCUT2D eigenvalue weighted by Gasteiger charge is 2.09. The van der Waals surface area contributed by atoms with Gasteiger partial charge in [-0.1, -0.05) is 65.7 Å². The van der Waals surface area contributed by atoms with Crippen molar-refractivity contribution in [3.05, 3.63) is 83.9 Å². The van der Waals surface area contributed by atoms with Crippen LogP contribution in [0.2, 0.25) is 0 Å². The zero-order chi connectivity index (χ0) is 28.4. The second-order valence-corrected chi connectivity index (χ2v) is 10.6. The highest BCUT2D eigenvalue weighted by atomic mass is 16.5. The lowest BCUT2D eigenvalue weighted by atomic mass is 10.1. The van der Waals surface area contributed by atoms with Crippen molar-refractivity contribution in [2.45, 2.75) is 78.6 Å². The molecule has 0 aromatic heterocycles. The fourth-order valence-electron chi connectivity index (χ4n) is 4.09. The van der Waals surface area contributed by atoms with Crippen molar-refractivity contribution in [1.82, 2.24) is 0 Å². The molecular weight excluding hydrogens is 498 g/mol. The number of esters is 1. The highest BCUT2D eigenvalue weighted by Crippen LogP contribution is 2.20. The van der Waals surface area contributed by atoms with Crippen LogP contribution in [0.15, 0.2) is 77.8 Å². The zero-order valence-corrected chi connectivity index (χ0v) is 24.4. The third-order valence-corrected chi connectivity index (χ3v) is 6.61. The Hall–Kier alpha value is -3.60. The van der Waals surface area contributed by atoms with Gasteiger partial charge in [-0.2, -0.15) is 0 Å². The van der Waals surface area contributed by atoms with E-state index in [9.17, 15) is 4.79 Å². The maximum Gasteiger partial charge on any atom is 0.343 e. The summed E-state index contributed by atoms with van der Waals surface area (Å²) in [5.74, 6) is 2.34. The molecule has 3 aromatic rings. The van der Waals surface area contributed by atoms with Crippen LogP contribution >= 0.6 is 0 Å². The molecule has 214 valence electrons. The van der Waals surface area contributed by atoms with Gasteiger partial charge in [-0.05, 0) is 97.1 Å². The molecule has 3 aromatic carbocycles. The zero-order valence-electron chi connectivity index (χ0n) is 24.4. The quantitative estimate of drug-likeness (QED) is 0.0693. The summed E-state index contributed by atoms with van der Waals surface area (Å²) in [7, 11) is 0. The van der Waals surface area contributed by atoms with Gasteiger partial charge in [0.05, 0.1) is 24.5 Å². The van der Waals surface area contributed by atoms with E-state index in [0.717, 1.165) is 42.2 Å². The SMILES string of the molecule is CCCCCCCCCCOc1ccc(C(=O)Oc2ccc(C=Nc3ccc(OCCC(C)C)cc3)cc2)cc1. The molecule has 0 heterocycles. The van der Waals surface area contributed by atoms with Crippen LogP contribution < -0.4 is 14.2 Å². The number of carbonyl (C=O) groups is 1. The van der Waals surface area contributed by atoms with Gasteiger partial charge in [0.25, 0.3) is 0 Å².